The summed E-state index contributed by atoms with van der Waals surface area (Å²) in [5, 5.41) is 19.8. The fourth-order valence-electron chi connectivity index (χ4n) is 1.90. The Labute approximate surface area is 111 Å². The van der Waals surface area contributed by atoms with Crippen molar-refractivity contribution in [1.82, 2.24) is 0 Å². The molecule has 0 radical (unpaired) electrons. The highest BCUT2D eigenvalue weighted by Gasteiger charge is 2.34. The molecule has 0 aliphatic carbocycles. The average molecular weight is 310 g/mol. The molecule has 0 aromatic heterocycles. The van der Waals surface area contributed by atoms with Gasteiger partial charge in [-0.25, -0.2) is 0 Å². The maximum absolute atomic E-state index is 10.7. The third kappa shape index (κ3) is 2.02. The molecule has 0 bridgehead atoms. The Morgan fingerprint density at radius 1 is 1.61 bits per heavy atom. The molecule has 2 rings (SSSR count). The number of rotatable bonds is 2. The van der Waals surface area contributed by atoms with E-state index in [4.69, 9.17) is 15.7 Å². The van der Waals surface area contributed by atoms with Crippen LogP contribution in [0, 0.1) is 21.4 Å². The minimum Gasteiger partial charge on any atom is -0.440 e. The number of halogens is 1. The summed E-state index contributed by atoms with van der Waals surface area (Å²) in [6.45, 7) is -0.400. The number of benzene rings is 1. The summed E-state index contributed by atoms with van der Waals surface area (Å²) >= 11 is 3.31. The molecule has 1 aliphatic heterocycles. The fraction of sp³-hybridized carbons (Fsp3) is 0.182. The van der Waals surface area contributed by atoms with E-state index < -0.39 is 17.4 Å². The Hall–Kier alpha value is -2.07. The Balaban J connectivity index is 2.59. The van der Waals surface area contributed by atoms with Gasteiger partial charge in [0, 0.05) is 15.0 Å². The van der Waals surface area contributed by atoms with E-state index in [0.717, 1.165) is 0 Å². The first-order chi connectivity index (χ1) is 8.54. The van der Waals surface area contributed by atoms with E-state index in [0.29, 0.717) is 15.8 Å². The van der Waals surface area contributed by atoms with Gasteiger partial charge in [0.05, 0.1) is 5.92 Å². The lowest BCUT2D eigenvalue weighted by Crippen LogP contribution is -2.25. The van der Waals surface area contributed by atoms with E-state index in [9.17, 15) is 10.1 Å². The largest absolute Gasteiger partial charge is 0.440 e. The van der Waals surface area contributed by atoms with Crippen LogP contribution >= 0.6 is 15.9 Å². The highest BCUT2D eigenvalue weighted by atomic mass is 79.9. The van der Waals surface area contributed by atoms with Crippen LogP contribution in [0.5, 0.6) is 5.75 Å². The number of fused-ring (bicyclic) bond motifs is 1. The van der Waals surface area contributed by atoms with Crippen LogP contribution in [0.2, 0.25) is 0 Å². The van der Waals surface area contributed by atoms with Crippen molar-refractivity contribution >= 4 is 15.9 Å². The van der Waals surface area contributed by atoms with Gasteiger partial charge in [0.25, 0.3) is 0 Å². The van der Waals surface area contributed by atoms with Crippen molar-refractivity contribution in [2.45, 2.75) is 5.92 Å². The average Bonchev–Trinajstić information content (AvgIpc) is 2.28. The van der Waals surface area contributed by atoms with Gasteiger partial charge in [-0.1, -0.05) is 22.0 Å². The number of hydrogen-bond acceptors (Lipinski definition) is 5. The monoisotopic (exact) mass is 309 g/mol. The van der Waals surface area contributed by atoms with Crippen molar-refractivity contribution in [2.75, 3.05) is 6.54 Å². The predicted octanol–water partition coefficient (Wildman–Crippen LogP) is 1.90. The topological polar surface area (TPSA) is 102 Å². The molecular weight excluding hydrogens is 302 g/mol. The van der Waals surface area contributed by atoms with Crippen LogP contribution in [0.4, 0.5) is 0 Å². The Kier molecular flexibility index (Phi) is 3.21. The number of nitrogens with zero attached hydrogens (tertiary/aromatic N) is 2. The maximum atomic E-state index is 10.7. The normalized spacial score (nSPS) is 17.7. The van der Waals surface area contributed by atoms with Crippen LogP contribution in [0.1, 0.15) is 11.5 Å². The number of nitrogens with two attached hydrogens (primary N) is 1. The third-order valence-electron chi connectivity index (χ3n) is 2.65. The van der Waals surface area contributed by atoms with Gasteiger partial charge in [-0.05, 0) is 12.1 Å². The molecule has 6 nitrogen and oxygen atoms in total. The Morgan fingerprint density at radius 3 is 2.94 bits per heavy atom. The molecule has 1 unspecified atom stereocenters. The van der Waals surface area contributed by atoms with E-state index in [2.05, 4.69) is 15.9 Å². The second-order valence-corrected chi connectivity index (χ2v) is 4.57. The smallest absolute Gasteiger partial charge is 0.215 e. The molecular formula is C11H8BrN3O3. The van der Waals surface area contributed by atoms with Gasteiger partial charge < -0.3 is 10.5 Å². The number of nitro groups is 1. The van der Waals surface area contributed by atoms with Crippen LogP contribution in [0.3, 0.4) is 0 Å². The molecule has 18 heavy (non-hydrogen) atoms. The van der Waals surface area contributed by atoms with Crippen LogP contribution in [-0.4, -0.2) is 11.5 Å². The van der Waals surface area contributed by atoms with E-state index >= 15 is 0 Å². The van der Waals surface area contributed by atoms with E-state index in [1.807, 2.05) is 6.07 Å². The first-order valence-electron chi connectivity index (χ1n) is 5.02. The van der Waals surface area contributed by atoms with Crippen LogP contribution in [0.25, 0.3) is 0 Å². The summed E-state index contributed by atoms with van der Waals surface area (Å²) in [5.74, 6) is -0.327. The second kappa shape index (κ2) is 4.66. The van der Waals surface area contributed by atoms with Crippen molar-refractivity contribution in [3.05, 3.63) is 49.8 Å². The van der Waals surface area contributed by atoms with Gasteiger partial charge >= 0.3 is 0 Å². The minimum absolute atomic E-state index is 0.0741. The van der Waals surface area contributed by atoms with Gasteiger partial charge in [-0.2, -0.15) is 5.26 Å². The SMILES string of the molecule is N#CC1=C(N)Oc2cccc(Br)c2C1C[N+](=O)[O-]. The highest BCUT2D eigenvalue weighted by Crippen LogP contribution is 2.41. The molecule has 1 heterocycles. The van der Waals surface area contributed by atoms with Crippen LogP contribution in [0.15, 0.2) is 34.1 Å². The van der Waals surface area contributed by atoms with E-state index in [1.54, 1.807) is 18.2 Å². The molecule has 0 spiro atoms. The van der Waals surface area contributed by atoms with Gasteiger partial charge in [0.15, 0.2) is 0 Å². The first kappa shape index (κ1) is 12.4. The molecule has 1 aromatic carbocycles. The molecule has 1 atom stereocenters. The van der Waals surface area contributed by atoms with Crippen molar-refractivity contribution in [2.24, 2.45) is 5.73 Å². The van der Waals surface area contributed by atoms with Crippen molar-refractivity contribution in [3.8, 4) is 11.8 Å². The maximum Gasteiger partial charge on any atom is 0.215 e. The minimum atomic E-state index is -0.690. The van der Waals surface area contributed by atoms with Gasteiger partial charge in [0.2, 0.25) is 12.4 Å². The third-order valence-corrected chi connectivity index (χ3v) is 3.34. The summed E-state index contributed by atoms with van der Waals surface area (Å²) in [6.07, 6.45) is 0. The highest BCUT2D eigenvalue weighted by molar-refractivity contribution is 9.10. The van der Waals surface area contributed by atoms with Gasteiger partial charge in [0.1, 0.15) is 17.4 Å². The molecule has 1 aliphatic rings. The lowest BCUT2D eigenvalue weighted by atomic mass is 9.89. The van der Waals surface area contributed by atoms with Crippen LogP contribution in [-0.2, 0) is 0 Å². The molecule has 0 saturated carbocycles. The van der Waals surface area contributed by atoms with E-state index in [-0.39, 0.29) is 11.5 Å². The lowest BCUT2D eigenvalue weighted by Gasteiger charge is -2.24. The molecule has 0 saturated heterocycles. The van der Waals surface area contributed by atoms with Crippen molar-refractivity contribution in [3.63, 3.8) is 0 Å². The quantitative estimate of drug-likeness (QED) is 0.664. The number of ether oxygens (including phenoxy) is 1. The molecule has 7 heteroatoms. The number of nitriles is 1. The zero-order chi connectivity index (χ0) is 13.3. The summed E-state index contributed by atoms with van der Waals surface area (Å²) < 4.78 is 5.97. The molecule has 0 fully saturated rings. The Morgan fingerprint density at radius 2 is 2.33 bits per heavy atom. The fourth-order valence-corrected chi connectivity index (χ4v) is 2.52. The van der Waals surface area contributed by atoms with E-state index in [1.165, 1.54) is 0 Å². The molecule has 92 valence electrons. The standard InChI is InChI=1S/C11H8BrN3O3/c12-8-2-1-3-9-10(8)7(5-15(16)17)6(4-13)11(14)18-9/h1-3,7H,5,14H2. The Bertz CT molecular complexity index is 592. The number of hydrogen-bond donors (Lipinski definition) is 1. The summed E-state index contributed by atoms with van der Waals surface area (Å²) in [5.41, 5.74) is 6.29. The predicted molar refractivity (Wildman–Crippen MR) is 66.2 cm³/mol. The van der Waals surface area contributed by atoms with Gasteiger partial charge in [-0.15, -0.1) is 0 Å². The second-order valence-electron chi connectivity index (χ2n) is 3.71. The molecule has 2 N–H and O–H groups in total. The molecule has 0 amide bonds. The zero-order valence-corrected chi connectivity index (χ0v) is 10.7. The molecule has 1 aromatic rings. The lowest BCUT2D eigenvalue weighted by molar-refractivity contribution is -0.482. The summed E-state index contributed by atoms with van der Waals surface area (Å²) in [4.78, 5) is 10.3. The van der Waals surface area contributed by atoms with Crippen molar-refractivity contribution in [1.29, 1.82) is 5.26 Å². The van der Waals surface area contributed by atoms with Crippen LogP contribution < -0.4 is 10.5 Å². The van der Waals surface area contributed by atoms with Gasteiger partial charge in [-0.3, -0.25) is 10.1 Å². The summed E-state index contributed by atoms with van der Waals surface area (Å²) in [6, 6.07) is 7.02. The first-order valence-corrected chi connectivity index (χ1v) is 5.81. The zero-order valence-electron chi connectivity index (χ0n) is 9.09. The van der Waals surface area contributed by atoms with Crippen molar-refractivity contribution < 1.29 is 9.66 Å². The summed E-state index contributed by atoms with van der Waals surface area (Å²) in [7, 11) is 0.